The summed E-state index contributed by atoms with van der Waals surface area (Å²) in [5.41, 5.74) is 0.801. The quantitative estimate of drug-likeness (QED) is 0.828. The summed E-state index contributed by atoms with van der Waals surface area (Å²) in [5.74, 6) is -1.36. The van der Waals surface area contributed by atoms with Crippen molar-refractivity contribution in [1.82, 2.24) is 14.8 Å². The summed E-state index contributed by atoms with van der Waals surface area (Å²) >= 11 is 3.18. The highest BCUT2D eigenvalue weighted by Gasteiger charge is 2.11. The van der Waals surface area contributed by atoms with Crippen LogP contribution in [0.5, 0.6) is 0 Å². The monoisotopic (exact) mass is 324 g/mol. The number of carbonyl (C=O) groups is 2. The molecule has 0 unspecified atom stereocenters. The number of aromatic nitrogens is 3. The molecule has 0 radical (unpaired) electrons. The number of carboxylic acid groups (broad SMARTS) is 1. The maximum absolute atomic E-state index is 11.9. The molecule has 2 heterocycles. The smallest absolute Gasteiger partial charge is 0.325 e. The molecule has 98 valence electrons. The molecule has 0 aliphatic rings. The van der Waals surface area contributed by atoms with Crippen LogP contribution in [0.4, 0.5) is 5.69 Å². The van der Waals surface area contributed by atoms with Crippen molar-refractivity contribution in [3.05, 3.63) is 40.9 Å². The van der Waals surface area contributed by atoms with Crippen LogP contribution in [0.25, 0.3) is 0 Å². The molecule has 2 aromatic heterocycles. The van der Waals surface area contributed by atoms with Gasteiger partial charge in [-0.1, -0.05) is 0 Å². The molecule has 19 heavy (non-hydrogen) atoms. The number of nitrogens with zero attached hydrogens (tertiary/aromatic N) is 3. The van der Waals surface area contributed by atoms with E-state index in [2.05, 4.69) is 31.3 Å². The number of hydrogen-bond donors (Lipinski definition) is 2. The zero-order valence-corrected chi connectivity index (χ0v) is 11.2. The van der Waals surface area contributed by atoms with Crippen molar-refractivity contribution in [3.8, 4) is 0 Å². The zero-order valence-electron chi connectivity index (χ0n) is 9.58. The van der Waals surface area contributed by atoms with Crippen LogP contribution in [0, 0.1) is 0 Å². The van der Waals surface area contributed by atoms with Crippen molar-refractivity contribution in [2.45, 2.75) is 6.54 Å². The highest BCUT2D eigenvalue weighted by molar-refractivity contribution is 9.10. The number of carbonyl (C=O) groups excluding carboxylic acids is 1. The van der Waals surface area contributed by atoms with Gasteiger partial charge < -0.3 is 10.4 Å². The molecule has 0 bridgehead atoms. The highest BCUT2D eigenvalue weighted by Crippen LogP contribution is 2.15. The molecular formula is C11H9BrN4O3. The first-order chi connectivity index (χ1) is 9.06. The second-order valence-corrected chi connectivity index (χ2v) is 4.37. The van der Waals surface area contributed by atoms with E-state index >= 15 is 0 Å². The zero-order chi connectivity index (χ0) is 13.8. The van der Waals surface area contributed by atoms with E-state index in [9.17, 15) is 9.59 Å². The number of halogens is 1. The molecule has 2 N–H and O–H groups in total. The molecule has 0 atom stereocenters. The van der Waals surface area contributed by atoms with E-state index in [0.29, 0.717) is 15.9 Å². The Bertz CT molecular complexity index is 626. The summed E-state index contributed by atoms with van der Waals surface area (Å²) in [6.07, 6.45) is 4.38. The van der Waals surface area contributed by atoms with E-state index in [-0.39, 0.29) is 12.5 Å². The lowest BCUT2D eigenvalue weighted by Crippen LogP contribution is -2.13. The van der Waals surface area contributed by atoms with Gasteiger partial charge in [0.25, 0.3) is 5.91 Å². The lowest BCUT2D eigenvalue weighted by molar-refractivity contribution is -0.137. The van der Waals surface area contributed by atoms with Gasteiger partial charge in [-0.3, -0.25) is 14.3 Å². The van der Waals surface area contributed by atoms with E-state index in [1.54, 1.807) is 18.3 Å². The average molecular weight is 325 g/mol. The van der Waals surface area contributed by atoms with Gasteiger partial charge in [-0.05, 0) is 28.1 Å². The molecule has 0 aliphatic heterocycles. The molecule has 8 heteroatoms. The number of carboxylic acids is 1. The molecule has 2 aromatic rings. The summed E-state index contributed by atoms with van der Waals surface area (Å²) in [5, 5.41) is 15.0. The van der Waals surface area contributed by atoms with Gasteiger partial charge in [0.05, 0.1) is 17.4 Å². The van der Waals surface area contributed by atoms with Gasteiger partial charge >= 0.3 is 5.97 Å². The predicted octanol–water partition coefficient (Wildman–Crippen LogP) is 1.38. The van der Waals surface area contributed by atoms with Gasteiger partial charge in [-0.2, -0.15) is 5.10 Å². The number of anilines is 1. The van der Waals surface area contributed by atoms with Crippen molar-refractivity contribution < 1.29 is 14.7 Å². The Kier molecular flexibility index (Phi) is 3.91. The molecular weight excluding hydrogens is 316 g/mol. The Balaban J connectivity index is 2.09. The number of nitrogens with one attached hydrogen (secondary N) is 1. The Labute approximate surface area is 116 Å². The lowest BCUT2D eigenvalue weighted by atomic mass is 10.2. The van der Waals surface area contributed by atoms with Crippen LogP contribution in [-0.4, -0.2) is 31.7 Å². The van der Waals surface area contributed by atoms with E-state index in [1.807, 2.05) is 0 Å². The van der Waals surface area contributed by atoms with Crippen molar-refractivity contribution in [2.75, 3.05) is 5.32 Å². The maximum Gasteiger partial charge on any atom is 0.325 e. The molecule has 0 fully saturated rings. The summed E-state index contributed by atoms with van der Waals surface area (Å²) < 4.78 is 1.65. The van der Waals surface area contributed by atoms with Gasteiger partial charge in [0.15, 0.2) is 0 Å². The third-order valence-electron chi connectivity index (χ3n) is 2.19. The van der Waals surface area contributed by atoms with Crippen LogP contribution in [-0.2, 0) is 11.3 Å². The molecule has 0 saturated heterocycles. The van der Waals surface area contributed by atoms with Crippen molar-refractivity contribution in [3.63, 3.8) is 0 Å². The van der Waals surface area contributed by atoms with Gasteiger partial charge in [0.2, 0.25) is 0 Å². The first-order valence-electron chi connectivity index (χ1n) is 5.22. The minimum absolute atomic E-state index is 0.257. The largest absolute Gasteiger partial charge is 0.480 e. The topological polar surface area (TPSA) is 97.1 Å². The molecule has 2 rings (SSSR count). The van der Waals surface area contributed by atoms with Crippen LogP contribution in [0.15, 0.2) is 35.3 Å². The fourth-order valence-electron chi connectivity index (χ4n) is 1.41. The molecule has 0 saturated carbocycles. The second-order valence-electron chi connectivity index (χ2n) is 3.62. The van der Waals surface area contributed by atoms with Crippen LogP contribution >= 0.6 is 15.9 Å². The maximum atomic E-state index is 11.9. The summed E-state index contributed by atoms with van der Waals surface area (Å²) in [7, 11) is 0. The average Bonchev–Trinajstić information content (AvgIpc) is 2.76. The number of hydrogen-bond acceptors (Lipinski definition) is 4. The molecule has 0 aliphatic carbocycles. The van der Waals surface area contributed by atoms with Gasteiger partial charge in [-0.15, -0.1) is 0 Å². The fraction of sp³-hybridized carbons (Fsp3) is 0.0909. The Morgan fingerprint density at radius 1 is 1.47 bits per heavy atom. The van der Waals surface area contributed by atoms with Crippen LogP contribution < -0.4 is 5.32 Å². The Morgan fingerprint density at radius 2 is 2.26 bits per heavy atom. The van der Waals surface area contributed by atoms with Crippen molar-refractivity contribution >= 4 is 33.5 Å². The summed E-state index contributed by atoms with van der Waals surface area (Å²) in [6.45, 7) is -0.257. The second kappa shape index (κ2) is 5.61. The number of rotatable bonds is 4. The van der Waals surface area contributed by atoms with Crippen LogP contribution in [0.1, 0.15) is 10.4 Å². The number of pyridine rings is 1. The number of amides is 1. The third kappa shape index (κ3) is 3.38. The van der Waals surface area contributed by atoms with E-state index < -0.39 is 5.97 Å². The minimum Gasteiger partial charge on any atom is -0.480 e. The first-order valence-corrected chi connectivity index (χ1v) is 6.01. The van der Waals surface area contributed by atoms with Gasteiger partial charge in [0.1, 0.15) is 11.1 Å². The summed E-state index contributed by atoms with van der Waals surface area (Å²) in [6, 6.07) is 3.27. The normalized spacial score (nSPS) is 10.2. The fourth-order valence-corrected chi connectivity index (χ4v) is 1.84. The van der Waals surface area contributed by atoms with Gasteiger partial charge in [-0.25, -0.2) is 4.98 Å². The molecule has 7 nitrogen and oxygen atoms in total. The lowest BCUT2D eigenvalue weighted by Gasteiger charge is -2.03. The first kappa shape index (κ1) is 13.2. The van der Waals surface area contributed by atoms with Crippen LogP contribution in [0.2, 0.25) is 0 Å². The van der Waals surface area contributed by atoms with E-state index in [0.717, 1.165) is 0 Å². The Hall–Kier alpha value is -2.22. The van der Waals surface area contributed by atoms with Gasteiger partial charge in [0, 0.05) is 12.4 Å². The number of aliphatic carboxylic acids is 1. The summed E-state index contributed by atoms with van der Waals surface area (Å²) in [4.78, 5) is 26.4. The third-order valence-corrected chi connectivity index (χ3v) is 2.82. The Morgan fingerprint density at radius 3 is 2.95 bits per heavy atom. The van der Waals surface area contributed by atoms with E-state index in [4.69, 9.17) is 5.11 Å². The van der Waals surface area contributed by atoms with Crippen molar-refractivity contribution in [2.24, 2.45) is 0 Å². The molecule has 1 amide bonds. The standard InChI is InChI=1S/C11H9BrN4O3/c12-10-8(2-1-3-13-10)11(19)15-7-4-14-16(5-7)6-9(17)18/h1-5H,6H2,(H,15,19)(H,17,18). The van der Waals surface area contributed by atoms with Crippen molar-refractivity contribution in [1.29, 1.82) is 0 Å². The highest BCUT2D eigenvalue weighted by atomic mass is 79.9. The molecule has 0 spiro atoms. The minimum atomic E-state index is -1.00. The predicted molar refractivity (Wildman–Crippen MR) is 69.8 cm³/mol. The molecule has 0 aromatic carbocycles. The SMILES string of the molecule is O=C(O)Cn1cc(NC(=O)c2cccnc2Br)cn1. The van der Waals surface area contributed by atoms with E-state index in [1.165, 1.54) is 17.1 Å². The van der Waals surface area contributed by atoms with Crippen LogP contribution in [0.3, 0.4) is 0 Å².